The first-order chi connectivity index (χ1) is 11.6. The van der Waals surface area contributed by atoms with Crippen molar-refractivity contribution in [1.82, 2.24) is 15.4 Å². The fourth-order valence-electron chi connectivity index (χ4n) is 2.00. The van der Waals surface area contributed by atoms with Crippen LogP contribution in [0.2, 0.25) is 10.2 Å². The molecule has 2 amide bonds. The van der Waals surface area contributed by atoms with Crippen LogP contribution in [-0.2, 0) is 0 Å². The zero-order valence-corrected chi connectivity index (χ0v) is 15.3. The van der Waals surface area contributed by atoms with Crippen LogP contribution in [0, 0.1) is 5.82 Å². The van der Waals surface area contributed by atoms with Gasteiger partial charge in [-0.3, -0.25) is 15.0 Å². The second kappa shape index (κ2) is 7.37. The third kappa shape index (κ3) is 4.46. The van der Waals surface area contributed by atoms with Crippen molar-refractivity contribution in [2.24, 2.45) is 0 Å². The molecule has 1 N–H and O–H groups in total. The molecule has 1 aromatic carbocycles. The van der Waals surface area contributed by atoms with E-state index >= 15 is 0 Å². The normalized spacial score (nSPS) is 11.1. The molecule has 0 aliphatic carbocycles. The first-order valence-corrected chi connectivity index (χ1v) is 8.09. The van der Waals surface area contributed by atoms with Gasteiger partial charge in [0.15, 0.2) is 0 Å². The molecule has 1 aromatic heterocycles. The molecule has 0 bridgehead atoms. The lowest BCUT2D eigenvalue weighted by molar-refractivity contribution is 0.0352. The third-order valence-corrected chi connectivity index (χ3v) is 3.74. The van der Waals surface area contributed by atoms with E-state index in [9.17, 15) is 14.0 Å². The van der Waals surface area contributed by atoms with Crippen molar-refractivity contribution in [2.45, 2.75) is 26.3 Å². The van der Waals surface area contributed by atoms with Gasteiger partial charge in [0, 0.05) is 0 Å². The van der Waals surface area contributed by atoms with Crippen LogP contribution >= 0.6 is 23.2 Å². The number of carbonyl (C=O) groups is 2. The molecule has 0 aliphatic rings. The number of aromatic nitrogens is 1. The molecule has 25 heavy (non-hydrogen) atoms. The maximum Gasteiger partial charge on any atom is 0.292 e. The van der Waals surface area contributed by atoms with E-state index in [2.05, 4.69) is 10.4 Å². The quantitative estimate of drug-likeness (QED) is 0.626. The van der Waals surface area contributed by atoms with Crippen molar-refractivity contribution in [3.05, 3.63) is 63.6 Å². The highest BCUT2D eigenvalue weighted by Gasteiger charge is 2.32. The van der Waals surface area contributed by atoms with Gasteiger partial charge in [-0.2, -0.15) is 0 Å². The molecule has 0 saturated carbocycles. The summed E-state index contributed by atoms with van der Waals surface area (Å²) in [5, 5.41) is 1.22. The summed E-state index contributed by atoms with van der Waals surface area (Å²) in [7, 11) is 0. The van der Waals surface area contributed by atoms with E-state index in [1.54, 1.807) is 20.8 Å². The first kappa shape index (κ1) is 19.1. The Hall–Kier alpha value is -2.18. The van der Waals surface area contributed by atoms with Gasteiger partial charge in [-0.05, 0) is 45.0 Å². The minimum absolute atomic E-state index is 0.0852. The molecule has 1 heterocycles. The predicted octanol–water partition coefficient (Wildman–Crippen LogP) is 4.11. The number of pyridine rings is 1. The van der Waals surface area contributed by atoms with Gasteiger partial charge in [0.2, 0.25) is 0 Å². The Morgan fingerprint density at radius 3 is 2.36 bits per heavy atom. The summed E-state index contributed by atoms with van der Waals surface area (Å²) in [5.41, 5.74) is 1.30. The van der Waals surface area contributed by atoms with Crippen molar-refractivity contribution in [2.75, 3.05) is 0 Å². The molecule has 0 saturated heterocycles. The summed E-state index contributed by atoms with van der Waals surface area (Å²) in [6, 6.07) is 8.35. The van der Waals surface area contributed by atoms with Crippen LogP contribution in [0.4, 0.5) is 4.39 Å². The molecule has 0 radical (unpaired) electrons. The lowest BCUT2D eigenvalue weighted by Gasteiger charge is -2.35. The largest absolute Gasteiger partial charge is 0.292 e. The number of nitrogens with one attached hydrogen (secondary N) is 1. The molecule has 2 aromatic rings. The Morgan fingerprint density at radius 2 is 1.76 bits per heavy atom. The van der Waals surface area contributed by atoms with E-state index in [4.69, 9.17) is 23.2 Å². The Morgan fingerprint density at radius 1 is 1.12 bits per heavy atom. The van der Waals surface area contributed by atoms with E-state index in [0.717, 1.165) is 11.1 Å². The summed E-state index contributed by atoms with van der Waals surface area (Å²) in [6.45, 7) is 5.10. The molecule has 5 nitrogen and oxygen atoms in total. The van der Waals surface area contributed by atoms with Gasteiger partial charge in [-0.1, -0.05) is 35.3 Å². The Balaban J connectivity index is 2.37. The lowest BCUT2D eigenvalue weighted by Crippen LogP contribution is -2.56. The van der Waals surface area contributed by atoms with Crippen molar-refractivity contribution in [3.8, 4) is 0 Å². The van der Waals surface area contributed by atoms with Crippen LogP contribution < -0.4 is 5.43 Å². The zero-order valence-electron chi connectivity index (χ0n) is 13.8. The number of carbonyl (C=O) groups excluding carboxylic acids is 2. The van der Waals surface area contributed by atoms with Crippen molar-refractivity contribution >= 4 is 35.0 Å². The Labute approximate surface area is 154 Å². The number of benzene rings is 1. The highest BCUT2D eigenvalue weighted by molar-refractivity contribution is 6.34. The lowest BCUT2D eigenvalue weighted by atomic mass is 10.1. The summed E-state index contributed by atoms with van der Waals surface area (Å²) in [5.74, 6) is -2.12. The minimum Gasteiger partial charge on any atom is -0.267 e. The van der Waals surface area contributed by atoms with E-state index in [0.29, 0.717) is 0 Å². The average molecular weight is 384 g/mol. The highest BCUT2D eigenvalue weighted by atomic mass is 35.5. The van der Waals surface area contributed by atoms with E-state index < -0.39 is 23.2 Å². The predicted molar refractivity (Wildman–Crippen MR) is 94.0 cm³/mol. The zero-order chi connectivity index (χ0) is 18.8. The highest BCUT2D eigenvalue weighted by Crippen LogP contribution is 2.22. The van der Waals surface area contributed by atoms with Gasteiger partial charge in [-0.25, -0.2) is 14.4 Å². The molecular formula is C17H16Cl2FN3O2. The van der Waals surface area contributed by atoms with Crippen LogP contribution in [0.25, 0.3) is 0 Å². The summed E-state index contributed by atoms with van der Waals surface area (Å²) in [4.78, 5) is 29.1. The molecule has 0 atom stereocenters. The molecule has 0 fully saturated rings. The molecule has 8 heteroatoms. The SMILES string of the molecule is CC(C)(C)N(NC(=O)c1ccccc1F)C(=O)c1nc(Cl)ccc1Cl. The maximum atomic E-state index is 13.8. The van der Waals surface area contributed by atoms with Gasteiger partial charge in [-0.15, -0.1) is 0 Å². The van der Waals surface area contributed by atoms with Gasteiger partial charge in [0.05, 0.1) is 16.1 Å². The second-order valence-electron chi connectivity index (χ2n) is 6.20. The van der Waals surface area contributed by atoms with Gasteiger partial charge in [0.25, 0.3) is 11.8 Å². The van der Waals surface area contributed by atoms with Gasteiger partial charge < -0.3 is 0 Å². The Bertz CT molecular complexity index is 822. The number of amides is 2. The first-order valence-electron chi connectivity index (χ1n) is 7.33. The topological polar surface area (TPSA) is 62.3 Å². The second-order valence-corrected chi connectivity index (χ2v) is 6.99. The fourth-order valence-corrected chi connectivity index (χ4v) is 2.34. The van der Waals surface area contributed by atoms with Crippen LogP contribution in [0.15, 0.2) is 36.4 Å². The fraction of sp³-hybridized carbons (Fsp3) is 0.235. The summed E-state index contributed by atoms with van der Waals surface area (Å²) < 4.78 is 13.8. The molecule has 132 valence electrons. The number of hydrogen-bond donors (Lipinski definition) is 1. The monoisotopic (exact) mass is 383 g/mol. The van der Waals surface area contributed by atoms with Crippen LogP contribution in [0.1, 0.15) is 41.6 Å². The van der Waals surface area contributed by atoms with Crippen molar-refractivity contribution < 1.29 is 14.0 Å². The molecule has 0 spiro atoms. The standard InChI is InChI=1S/C17H16Cl2FN3O2/c1-17(2,3)23(16(25)14-11(18)8-9-13(19)21-14)22-15(24)10-6-4-5-7-12(10)20/h4-9H,1-3H3,(H,22,24). The van der Waals surface area contributed by atoms with Crippen LogP contribution in [-0.4, -0.2) is 27.3 Å². The molecule has 2 rings (SSSR count). The number of hydrogen-bond acceptors (Lipinski definition) is 3. The minimum atomic E-state index is -0.828. The molecule has 0 unspecified atom stereocenters. The Kier molecular flexibility index (Phi) is 5.65. The van der Waals surface area contributed by atoms with Gasteiger partial charge in [0.1, 0.15) is 16.7 Å². The van der Waals surface area contributed by atoms with E-state index in [1.807, 2.05) is 0 Å². The summed E-state index contributed by atoms with van der Waals surface area (Å²) in [6.07, 6.45) is 0. The van der Waals surface area contributed by atoms with Crippen LogP contribution in [0.5, 0.6) is 0 Å². The van der Waals surface area contributed by atoms with Crippen LogP contribution in [0.3, 0.4) is 0 Å². The number of halogens is 3. The number of hydrazine groups is 1. The number of nitrogens with zero attached hydrogens (tertiary/aromatic N) is 2. The van der Waals surface area contributed by atoms with Gasteiger partial charge >= 0.3 is 0 Å². The smallest absolute Gasteiger partial charge is 0.267 e. The number of rotatable bonds is 2. The molecular weight excluding hydrogens is 368 g/mol. The maximum absolute atomic E-state index is 13.8. The average Bonchev–Trinajstić information content (AvgIpc) is 2.53. The van der Waals surface area contributed by atoms with Crippen molar-refractivity contribution in [3.63, 3.8) is 0 Å². The van der Waals surface area contributed by atoms with Crippen molar-refractivity contribution in [1.29, 1.82) is 0 Å². The molecule has 0 aliphatic heterocycles. The van der Waals surface area contributed by atoms with E-state index in [-0.39, 0.29) is 21.4 Å². The van der Waals surface area contributed by atoms with E-state index in [1.165, 1.54) is 30.3 Å². The third-order valence-electron chi connectivity index (χ3n) is 3.22. The summed E-state index contributed by atoms with van der Waals surface area (Å²) >= 11 is 11.8.